The van der Waals surface area contributed by atoms with Crippen LogP contribution in [0.15, 0.2) is 35.6 Å². The first-order chi connectivity index (χ1) is 13.0. The van der Waals surface area contributed by atoms with E-state index in [0.29, 0.717) is 28.7 Å². The van der Waals surface area contributed by atoms with Crippen molar-refractivity contribution in [1.82, 2.24) is 4.98 Å². The van der Waals surface area contributed by atoms with E-state index >= 15 is 0 Å². The normalized spacial score (nSPS) is 24.0. The maximum Gasteiger partial charge on any atom is 0.194 e. The van der Waals surface area contributed by atoms with Crippen molar-refractivity contribution in [3.63, 3.8) is 0 Å². The Labute approximate surface area is 160 Å². The molecule has 0 bridgehead atoms. The van der Waals surface area contributed by atoms with Crippen LogP contribution >= 0.6 is 11.8 Å². The average Bonchev–Trinajstić information content (AvgIpc) is 3.06. The van der Waals surface area contributed by atoms with Crippen molar-refractivity contribution in [3.8, 4) is 23.0 Å². The van der Waals surface area contributed by atoms with E-state index < -0.39 is 17.4 Å². The molecule has 2 aliphatic heterocycles. The number of hydrogen-bond acceptors (Lipinski definition) is 5. The van der Waals surface area contributed by atoms with Crippen molar-refractivity contribution in [3.05, 3.63) is 53.4 Å². The highest BCUT2D eigenvalue weighted by Crippen LogP contribution is 2.48. The molecule has 0 radical (unpaired) electrons. The van der Waals surface area contributed by atoms with Gasteiger partial charge in [0.05, 0.1) is 6.61 Å². The summed E-state index contributed by atoms with van der Waals surface area (Å²) in [5, 5.41) is 0.348. The van der Waals surface area contributed by atoms with Crippen molar-refractivity contribution in [2.24, 2.45) is 16.6 Å². The fourth-order valence-corrected chi connectivity index (χ4v) is 4.54. The van der Waals surface area contributed by atoms with Gasteiger partial charge in [0.1, 0.15) is 11.6 Å². The molecule has 27 heavy (non-hydrogen) atoms. The smallest absolute Gasteiger partial charge is 0.194 e. The lowest BCUT2D eigenvalue weighted by atomic mass is 9.88. The fraction of sp³-hybridized carbons (Fsp3) is 0.300. The second-order valence-corrected chi connectivity index (χ2v) is 7.48. The van der Waals surface area contributed by atoms with Gasteiger partial charge in [-0.15, -0.1) is 5.92 Å². The first-order valence-corrected chi connectivity index (χ1v) is 9.52. The molecular formula is C20H17F2N3OS. The van der Waals surface area contributed by atoms with Crippen LogP contribution in [0.3, 0.4) is 0 Å². The lowest BCUT2D eigenvalue weighted by Crippen LogP contribution is -2.38. The first kappa shape index (κ1) is 18.0. The Hall–Kier alpha value is -2.43. The minimum atomic E-state index is -1.20. The van der Waals surface area contributed by atoms with Crippen LogP contribution in [0.25, 0.3) is 11.1 Å². The monoisotopic (exact) mass is 385 g/mol. The van der Waals surface area contributed by atoms with Gasteiger partial charge in [-0.1, -0.05) is 17.7 Å². The van der Waals surface area contributed by atoms with Crippen LogP contribution in [-0.4, -0.2) is 22.5 Å². The number of rotatable bonds is 2. The van der Waals surface area contributed by atoms with Crippen molar-refractivity contribution < 1.29 is 13.5 Å². The van der Waals surface area contributed by atoms with Crippen molar-refractivity contribution >= 4 is 16.9 Å². The molecule has 2 aromatic rings. The molecule has 0 spiro atoms. The van der Waals surface area contributed by atoms with Crippen LogP contribution < -0.4 is 5.73 Å². The molecule has 1 saturated heterocycles. The summed E-state index contributed by atoms with van der Waals surface area (Å²) in [7, 11) is 0. The van der Waals surface area contributed by atoms with Gasteiger partial charge in [-0.2, -0.15) is 0 Å². The Morgan fingerprint density at radius 1 is 1.26 bits per heavy atom. The van der Waals surface area contributed by atoms with E-state index in [2.05, 4.69) is 21.8 Å². The van der Waals surface area contributed by atoms with Gasteiger partial charge in [-0.3, -0.25) is 4.98 Å². The Bertz CT molecular complexity index is 998. The summed E-state index contributed by atoms with van der Waals surface area (Å²) >= 11 is 1.43. The zero-order valence-corrected chi connectivity index (χ0v) is 15.4. The van der Waals surface area contributed by atoms with E-state index in [0.717, 1.165) is 12.5 Å². The van der Waals surface area contributed by atoms with Gasteiger partial charge in [0.15, 0.2) is 10.9 Å². The molecule has 1 fully saturated rings. The number of benzene rings is 1. The number of fused-ring (bicyclic) bond motifs is 1. The maximum atomic E-state index is 14.8. The number of amidine groups is 1. The number of pyridine rings is 1. The van der Waals surface area contributed by atoms with Gasteiger partial charge >= 0.3 is 0 Å². The van der Waals surface area contributed by atoms with Crippen LogP contribution in [-0.2, 0) is 10.5 Å². The van der Waals surface area contributed by atoms with Gasteiger partial charge in [0, 0.05) is 52.4 Å². The Morgan fingerprint density at radius 3 is 2.93 bits per heavy atom. The number of nitrogens with zero attached hydrogens (tertiary/aromatic N) is 2. The summed E-state index contributed by atoms with van der Waals surface area (Å²) < 4.78 is 35.3. The standard InChI is InChI=1S/C20H17F2N3OS/c1-2-3-12-6-13(10-24-9-12)15-7-16(18(22)8-17(15)21)20-14(4-5-26-20)11-27-19(23)25-20/h6-10,14H,4-5,11H2,1H3,(H2,23,25). The Morgan fingerprint density at radius 2 is 2.11 bits per heavy atom. The van der Waals surface area contributed by atoms with E-state index in [1.54, 1.807) is 19.2 Å². The van der Waals surface area contributed by atoms with Gasteiger partial charge in [0.2, 0.25) is 0 Å². The van der Waals surface area contributed by atoms with E-state index in [9.17, 15) is 8.78 Å². The highest BCUT2D eigenvalue weighted by Gasteiger charge is 2.50. The highest BCUT2D eigenvalue weighted by atomic mass is 32.2. The SMILES string of the molecule is CC#Cc1cncc(-c2cc(C34N=C(N)SCC3CCO4)c(F)cc2F)c1. The van der Waals surface area contributed by atoms with Crippen molar-refractivity contribution in [1.29, 1.82) is 0 Å². The van der Waals surface area contributed by atoms with Gasteiger partial charge in [-0.25, -0.2) is 13.8 Å². The van der Waals surface area contributed by atoms with Gasteiger partial charge < -0.3 is 10.5 Å². The zero-order chi connectivity index (χ0) is 19.0. The van der Waals surface area contributed by atoms with Crippen LogP contribution in [0, 0.1) is 29.4 Å². The molecule has 2 atom stereocenters. The lowest BCUT2D eigenvalue weighted by molar-refractivity contribution is -0.0171. The molecule has 1 aromatic carbocycles. The molecule has 1 aromatic heterocycles. The van der Waals surface area contributed by atoms with Crippen LogP contribution in [0.4, 0.5) is 8.78 Å². The third kappa shape index (κ3) is 3.09. The molecule has 7 heteroatoms. The third-order valence-electron chi connectivity index (χ3n) is 4.81. The summed E-state index contributed by atoms with van der Waals surface area (Å²) in [6, 6.07) is 4.07. The fourth-order valence-electron chi connectivity index (χ4n) is 3.57. The van der Waals surface area contributed by atoms with E-state index in [1.807, 2.05) is 0 Å². The number of nitrogens with two attached hydrogens (primary N) is 1. The average molecular weight is 385 g/mol. The quantitative estimate of drug-likeness (QED) is 0.802. The minimum Gasteiger partial charge on any atom is -0.378 e. The molecule has 4 rings (SSSR count). The number of aliphatic imine (C=N–C) groups is 1. The van der Waals surface area contributed by atoms with Crippen LogP contribution in [0.1, 0.15) is 24.5 Å². The van der Waals surface area contributed by atoms with Gasteiger partial charge in [-0.05, 0) is 25.5 Å². The lowest BCUT2D eigenvalue weighted by Gasteiger charge is -2.34. The first-order valence-electron chi connectivity index (χ1n) is 8.53. The summed E-state index contributed by atoms with van der Waals surface area (Å²) in [6.45, 7) is 2.17. The molecule has 0 aliphatic carbocycles. The molecule has 2 N–H and O–H groups in total. The summed E-state index contributed by atoms with van der Waals surface area (Å²) in [5.74, 6) is 4.98. The molecule has 2 aliphatic rings. The van der Waals surface area contributed by atoms with Gasteiger partial charge in [0.25, 0.3) is 0 Å². The van der Waals surface area contributed by atoms with Crippen LogP contribution in [0.5, 0.6) is 0 Å². The Kier molecular flexibility index (Phi) is 4.62. The molecule has 4 nitrogen and oxygen atoms in total. The third-order valence-corrected chi connectivity index (χ3v) is 5.77. The predicted octanol–water partition coefficient (Wildman–Crippen LogP) is 3.65. The van der Waals surface area contributed by atoms with E-state index in [4.69, 9.17) is 10.5 Å². The highest BCUT2D eigenvalue weighted by molar-refractivity contribution is 8.13. The number of halogens is 2. The van der Waals surface area contributed by atoms with Crippen molar-refractivity contribution in [2.75, 3.05) is 12.4 Å². The molecular weight excluding hydrogens is 368 g/mol. The molecule has 0 amide bonds. The molecule has 138 valence electrons. The summed E-state index contributed by atoms with van der Waals surface area (Å²) in [5.41, 5.74) is 6.32. The molecule has 3 heterocycles. The summed E-state index contributed by atoms with van der Waals surface area (Å²) in [4.78, 5) is 8.57. The van der Waals surface area contributed by atoms with Crippen molar-refractivity contribution in [2.45, 2.75) is 19.1 Å². The summed E-state index contributed by atoms with van der Waals surface area (Å²) in [6.07, 6.45) is 3.87. The number of thioether (sulfide) groups is 1. The molecule has 2 unspecified atom stereocenters. The number of hydrogen-bond donors (Lipinski definition) is 1. The topological polar surface area (TPSA) is 60.5 Å². The second kappa shape index (κ2) is 6.95. The maximum absolute atomic E-state index is 14.8. The number of ether oxygens (including phenoxy) is 1. The molecule has 0 saturated carbocycles. The largest absolute Gasteiger partial charge is 0.378 e. The van der Waals surface area contributed by atoms with E-state index in [1.165, 1.54) is 24.0 Å². The van der Waals surface area contributed by atoms with E-state index in [-0.39, 0.29) is 17.0 Å². The second-order valence-electron chi connectivity index (χ2n) is 6.44. The predicted molar refractivity (Wildman–Crippen MR) is 102 cm³/mol. The Balaban J connectivity index is 1.89. The minimum absolute atomic E-state index is 0.0157. The zero-order valence-electron chi connectivity index (χ0n) is 14.6. The van der Waals surface area contributed by atoms with Crippen LogP contribution in [0.2, 0.25) is 0 Å². The number of aromatic nitrogens is 1.